The van der Waals surface area contributed by atoms with Crippen LogP contribution in [0.2, 0.25) is 0 Å². The molecule has 0 radical (unpaired) electrons. The van der Waals surface area contributed by atoms with E-state index in [0.29, 0.717) is 15.6 Å². The van der Waals surface area contributed by atoms with Gasteiger partial charge in [0.2, 0.25) is 10.0 Å². The maximum Gasteiger partial charge on any atom is 0.417 e. The molecule has 4 nitrogen and oxygen atoms in total. The van der Waals surface area contributed by atoms with Gasteiger partial charge in [0, 0.05) is 28.2 Å². The van der Waals surface area contributed by atoms with E-state index in [1.807, 2.05) is 0 Å². The summed E-state index contributed by atoms with van der Waals surface area (Å²) in [7, 11) is -4.04. The first-order chi connectivity index (χ1) is 15.6. The summed E-state index contributed by atoms with van der Waals surface area (Å²) in [6.45, 7) is -0.364. The average molecular weight is 539 g/mol. The van der Waals surface area contributed by atoms with Crippen LogP contribution in [0, 0.1) is 5.82 Å². The molecule has 0 fully saturated rings. The van der Waals surface area contributed by atoms with Crippen molar-refractivity contribution in [2.45, 2.75) is 17.6 Å². The van der Waals surface area contributed by atoms with Gasteiger partial charge in [0.05, 0.1) is 16.0 Å². The molecule has 170 valence electrons. The number of benzene rings is 3. The maximum atomic E-state index is 14.2. The van der Waals surface area contributed by atoms with Crippen LogP contribution in [-0.2, 0) is 22.7 Å². The van der Waals surface area contributed by atoms with Crippen LogP contribution >= 0.6 is 15.9 Å². The molecule has 1 heterocycles. The van der Waals surface area contributed by atoms with Crippen LogP contribution in [0.25, 0.3) is 22.0 Å². The molecule has 10 heteroatoms. The van der Waals surface area contributed by atoms with Crippen molar-refractivity contribution in [3.8, 4) is 11.1 Å². The molecule has 4 aromatic rings. The fourth-order valence-corrected chi connectivity index (χ4v) is 4.79. The van der Waals surface area contributed by atoms with E-state index in [2.05, 4.69) is 25.6 Å². The van der Waals surface area contributed by atoms with Crippen molar-refractivity contribution in [1.29, 1.82) is 0 Å². The van der Waals surface area contributed by atoms with Crippen LogP contribution in [0.15, 0.2) is 82.3 Å². The Labute approximate surface area is 195 Å². The number of alkyl halides is 3. The van der Waals surface area contributed by atoms with Crippen molar-refractivity contribution in [1.82, 2.24) is 9.71 Å². The normalized spacial score (nSPS) is 12.3. The van der Waals surface area contributed by atoms with E-state index in [-0.39, 0.29) is 27.9 Å². The monoisotopic (exact) mass is 538 g/mol. The van der Waals surface area contributed by atoms with Crippen LogP contribution in [0.5, 0.6) is 0 Å². The number of aromatic nitrogens is 1. The highest BCUT2D eigenvalue weighted by molar-refractivity contribution is 9.10. The summed E-state index contributed by atoms with van der Waals surface area (Å²) in [5.74, 6) is -0.469. The number of sulfonamides is 1. The molecule has 1 aromatic heterocycles. The number of hydrogen-bond acceptors (Lipinski definition) is 3. The van der Waals surface area contributed by atoms with Crippen LogP contribution in [0.4, 0.5) is 17.6 Å². The molecule has 0 aliphatic heterocycles. The third-order valence-corrected chi connectivity index (χ3v) is 6.93. The van der Waals surface area contributed by atoms with Crippen LogP contribution in [-0.4, -0.2) is 13.4 Å². The minimum Gasteiger partial charge on any atom is -0.256 e. The van der Waals surface area contributed by atoms with Gasteiger partial charge in [0.25, 0.3) is 0 Å². The molecular weight excluding hydrogens is 524 g/mol. The molecule has 0 saturated heterocycles. The second-order valence-electron chi connectivity index (χ2n) is 7.14. The lowest BCUT2D eigenvalue weighted by Gasteiger charge is -2.14. The highest BCUT2D eigenvalue weighted by atomic mass is 79.9. The van der Waals surface area contributed by atoms with Gasteiger partial charge in [-0.15, -0.1) is 0 Å². The SMILES string of the molecule is O=S(=O)(NCc1ccnc2cccc(C(F)(F)F)c12)c1ccc(-c2ccc(Br)cc2F)cc1. The number of rotatable bonds is 5. The Bertz CT molecular complexity index is 1430. The van der Waals surface area contributed by atoms with Crippen LogP contribution in [0.1, 0.15) is 11.1 Å². The number of nitrogens with zero attached hydrogens (tertiary/aromatic N) is 1. The summed E-state index contributed by atoms with van der Waals surface area (Å²) in [6, 6.07) is 15.0. The van der Waals surface area contributed by atoms with Crippen LogP contribution < -0.4 is 4.72 Å². The lowest BCUT2D eigenvalue weighted by molar-refractivity contribution is -0.136. The minimum absolute atomic E-state index is 0.0989. The highest BCUT2D eigenvalue weighted by Crippen LogP contribution is 2.36. The molecule has 0 spiro atoms. The summed E-state index contributed by atoms with van der Waals surface area (Å²) < 4.78 is 83.0. The topological polar surface area (TPSA) is 59.1 Å². The number of pyridine rings is 1. The minimum atomic E-state index is -4.62. The Morgan fingerprint density at radius 3 is 2.36 bits per heavy atom. The molecule has 4 rings (SSSR count). The predicted molar refractivity (Wildman–Crippen MR) is 120 cm³/mol. The van der Waals surface area contributed by atoms with Gasteiger partial charge < -0.3 is 0 Å². The van der Waals surface area contributed by atoms with Gasteiger partial charge in [-0.2, -0.15) is 13.2 Å². The smallest absolute Gasteiger partial charge is 0.256 e. The lowest BCUT2D eigenvalue weighted by Crippen LogP contribution is -2.23. The molecule has 33 heavy (non-hydrogen) atoms. The summed E-state index contributed by atoms with van der Waals surface area (Å²) in [6.07, 6.45) is -3.29. The van der Waals surface area contributed by atoms with Gasteiger partial charge in [-0.05, 0) is 53.6 Å². The molecule has 0 amide bonds. The Balaban J connectivity index is 1.61. The van der Waals surface area contributed by atoms with Crippen molar-refractivity contribution in [3.63, 3.8) is 0 Å². The van der Waals surface area contributed by atoms with E-state index in [9.17, 15) is 26.0 Å². The summed E-state index contributed by atoms with van der Waals surface area (Å²) in [5.41, 5.74) is 0.155. The first kappa shape index (κ1) is 23.3. The van der Waals surface area contributed by atoms with Gasteiger partial charge in [-0.3, -0.25) is 4.98 Å². The summed E-state index contributed by atoms with van der Waals surface area (Å²) in [4.78, 5) is 3.86. The largest absolute Gasteiger partial charge is 0.417 e. The highest BCUT2D eigenvalue weighted by Gasteiger charge is 2.33. The Kier molecular flexibility index (Phi) is 6.26. The third-order valence-electron chi connectivity index (χ3n) is 5.02. The maximum absolute atomic E-state index is 14.2. The molecule has 0 atom stereocenters. The van der Waals surface area contributed by atoms with E-state index in [1.165, 1.54) is 54.7 Å². The first-order valence-electron chi connectivity index (χ1n) is 9.55. The Hall–Kier alpha value is -2.82. The lowest BCUT2D eigenvalue weighted by atomic mass is 10.0. The summed E-state index contributed by atoms with van der Waals surface area (Å²) >= 11 is 3.18. The van der Waals surface area contributed by atoms with E-state index in [1.54, 1.807) is 12.1 Å². The Morgan fingerprint density at radius 1 is 0.970 bits per heavy atom. The first-order valence-corrected chi connectivity index (χ1v) is 11.8. The summed E-state index contributed by atoms with van der Waals surface area (Å²) in [5, 5.41) is -0.156. The van der Waals surface area contributed by atoms with E-state index in [4.69, 9.17) is 0 Å². The third kappa shape index (κ3) is 4.92. The van der Waals surface area contributed by atoms with E-state index in [0.717, 1.165) is 6.07 Å². The van der Waals surface area contributed by atoms with Crippen molar-refractivity contribution in [2.24, 2.45) is 0 Å². The van der Waals surface area contributed by atoms with Gasteiger partial charge >= 0.3 is 6.18 Å². The fraction of sp³-hybridized carbons (Fsp3) is 0.0870. The number of hydrogen-bond donors (Lipinski definition) is 1. The predicted octanol–water partition coefficient (Wildman–Crippen LogP) is 6.30. The molecule has 3 aromatic carbocycles. The zero-order valence-electron chi connectivity index (χ0n) is 16.7. The van der Waals surface area contributed by atoms with Gasteiger partial charge in [0.1, 0.15) is 5.82 Å². The second kappa shape index (κ2) is 8.85. The molecule has 0 unspecified atom stereocenters. The fourth-order valence-electron chi connectivity index (χ4n) is 3.45. The number of halogens is 5. The number of fused-ring (bicyclic) bond motifs is 1. The molecular formula is C23H15BrF4N2O2S. The van der Waals surface area contributed by atoms with E-state index >= 15 is 0 Å². The van der Waals surface area contributed by atoms with Gasteiger partial charge in [-0.1, -0.05) is 40.2 Å². The van der Waals surface area contributed by atoms with Gasteiger partial charge in [0.15, 0.2) is 0 Å². The van der Waals surface area contributed by atoms with E-state index < -0.39 is 27.6 Å². The Morgan fingerprint density at radius 2 is 1.70 bits per heavy atom. The quantitative estimate of drug-likeness (QED) is 0.303. The molecule has 0 saturated carbocycles. The van der Waals surface area contributed by atoms with Crippen molar-refractivity contribution < 1.29 is 26.0 Å². The van der Waals surface area contributed by atoms with Crippen molar-refractivity contribution in [2.75, 3.05) is 0 Å². The molecule has 0 aliphatic rings. The molecule has 0 aliphatic carbocycles. The van der Waals surface area contributed by atoms with Crippen molar-refractivity contribution in [3.05, 3.63) is 94.3 Å². The standard InChI is InChI=1S/C23H15BrF4N2O2S/c24-16-6-9-18(20(25)12-16)14-4-7-17(8-5-14)33(31,32)30-13-15-10-11-29-21-3-1-2-19(22(15)21)23(26,27)28/h1-12,30H,13H2. The average Bonchev–Trinajstić information content (AvgIpc) is 2.77. The molecule has 1 N–H and O–H groups in total. The number of nitrogens with one attached hydrogen (secondary N) is 1. The second-order valence-corrected chi connectivity index (χ2v) is 9.82. The zero-order chi connectivity index (χ0) is 23.8. The van der Waals surface area contributed by atoms with Crippen LogP contribution in [0.3, 0.4) is 0 Å². The zero-order valence-corrected chi connectivity index (χ0v) is 19.1. The molecule has 0 bridgehead atoms. The van der Waals surface area contributed by atoms with Crippen molar-refractivity contribution >= 4 is 36.9 Å². The van der Waals surface area contributed by atoms with Gasteiger partial charge in [-0.25, -0.2) is 17.5 Å².